The molecule has 48 valence electrons. The average Bonchev–Trinajstić information content (AvgIpc) is 1.62. The van der Waals surface area contributed by atoms with Crippen molar-refractivity contribution in [2.24, 2.45) is 5.92 Å². The molecule has 0 radical (unpaired) electrons. The Kier molecular flexibility index (Phi) is 2.78. The number of hydrogen-bond donors (Lipinski definition) is 0. The van der Waals surface area contributed by atoms with Crippen LogP contribution in [0.3, 0.4) is 0 Å². The van der Waals surface area contributed by atoms with Crippen molar-refractivity contribution < 1.29 is 0 Å². The number of hydrogen-bond acceptors (Lipinski definition) is 0. The summed E-state index contributed by atoms with van der Waals surface area (Å²) in [6, 6.07) is 0. The monoisotopic (exact) mass is 148 g/mol. The second kappa shape index (κ2) is 2.69. The standard InChI is InChI=1S/C6H13ClSi/c1-4-5(2)6(3,7)8/h4-5H,1H2,2-3,8H3. The summed E-state index contributed by atoms with van der Waals surface area (Å²) >= 11 is 5.97. The molecule has 0 rings (SSSR count). The summed E-state index contributed by atoms with van der Waals surface area (Å²) in [6.07, 6.45) is 1.90. The molecule has 2 unspecified atom stereocenters. The Bertz CT molecular complexity index is 83.0. The molecule has 0 bridgehead atoms. The van der Waals surface area contributed by atoms with E-state index in [2.05, 4.69) is 13.5 Å². The number of halogens is 1. The van der Waals surface area contributed by atoms with Gasteiger partial charge in [-0.15, -0.1) is 18.2 Å². The van der Waals surface area contributed by atoms with Gasteiger partial charge in [-0.3, -0.25) is 0 Å². The van der Waals surface area contributed by atoms with E-state index in [1.807, 2.05) is 13.0 Å². The maximum absolute atomic E-state index is 5.97. The summed E-state index contributed by atoms with van der Waals surface area (Å²) in [6.45, 7) is 7.80. The lowest BCUT2D eigenvalue weighted by molar-refractivity contribution is 0.653. The van der Waals surface area contributed by atoms with Crippen molar-refractivity contribution in [3.05, 3.63) is 12.7 Å². The van der Waals surface area contributed by atoms with Gasteiger partial charge >= 0.3 is 0 Å². The minimum atomic E-state index is 0.00174. The first-order valence-electron chi connectivity index (χ1n) is 2.80. The van der Waals surface area contributed by atoms with Crippen LogP contribution in [-0.4, -0.2) is 14.7 Å². The van der Waals surface area contributed by atoms with Crippen LogP contribution in [0, 0.1) is 5.92 Å². The van der Waals surface area contributed by atoms with Gasteiger partial charge in [0.15, 0.2) is 0 Å². The molecule has 0 aliphatic carbocycles. The van der Waals surface area contributed by atoms with Gasteiger partial charge in [-0.05, 0) is 12.8 Å². The van der Waals surface area contributed by atoms with Crippen LogP contribution in [0.2, 0.25) is 0 Å². The lowest BCUT2D eigenvalue weighted by atomic mass is 10.1. The molecule has 0 aliphatic heterocycles. The Labute approximate surface area is 59.3 Å². The molecule has 0 fully saturated rings. The highest BCUT2D eigenvalue weighted by molar-refractivity contribution is 6.44. The highest BCUT2D eigenvalue weighted by atomic mass is 35.5. The zero-order chi connectivity index (χ0) is 6.78. The Morgan fingerprint density at radius 2 is 2.25 bits per heavy atom. The topological polar surface area (TPSA) is 0 Å². The molecule has 0 heterocycles. The van der Waals surface area contributed by atoms with E-state index in [0.717, 1.165) is 10.2 Å². The fourth-order valence-electron chi connectivity index (χ4n) is 0.280. The van der Waals surface area contributed by atoms with E-state index in [4.69, 9.17) is 11.6 Å². The van der Waals surface area contributed by atoms with Gasteiger partial charge in [0, 0.05) is 14.7 Å². The molecular formula is C6H13ClSi. The minimum absolute atomic E-state index is 0.00174. The van der Waals surface area contributed by atoms with Crippen LogP contribution in [0.1, 0.15) is 13.8 Å². The molecule has 0 saturated heterocycles. The second-order valence-electron chi connectivity index (χ2n) is 2.59. The van der Waals surface area contributed by atoms with E-state index in [9.17, 15) is 0 Å². The van der Waals surface area contributed by atoms with Gasteiger partial charge in [-0.25, -0.2) is 0 Å². The predicted octanol–water partition coefficient (Wildman–Crippen LogP) is 1.13. The van der Waals surface area contributed by atoms with E-state index >= 15 is 0 Å². The normalized spacial score (nSPS) is 21.9. The van der Waals surface area contributed by atoms with Gasteiger partial charge < -0.3 is 0 Å². The van der Waals surface area contributed by atoms with Crippen molar-refractivity contribution >= 4 is 21.8 Å². The van der Waals surface area contributed by atoms with E-state index in [1.54, 1.807) is 0 Å². The first-order chi connectivity index (χ1) is 3.48. The van der Waals surface area contributed by atoms with Gasteiger partial charge in [0.1, 0.15) is 0 Å². The lowest BCUT2D eigenvalue weighted by Gasteiger charge is -2.20. The number of rotatable bonds is 2. The fourth-order valence-corrected chi connectivity index (χ4v) is 0.605. The van der Waals surface area contributed by atoms with Crippen molar-refractivity contribution in [2.75, 3.05) is 0 Å². The third kappa shape index (κ3) is 2.53. The summed E-state index contributed by atoms with van der Waals surface area (Å²) in [5.41, 5.74) is 0. The molecule has 0 spiro atoms. The summed E-state index contributed by atoms with van der Waals surface area (Å²) in [4.78, 5) is 0. The van der Waals surface area contributed by atoms with Crippen molar-refractivity contribution in [2.45, 2.75) is 18.3 Å². The molecule has 0 aliphatic rings. The average molecular weight is 149 g/mol. The van der Waals surface area contributed by atoms with Crippen molar-refractivity contribution in [3.63, 3.8) is 0 Å². The third-order valence-corrected chi connectivity index (χ3v) is 2.69. The zero-order valence-electron chi connectivity index (χ0n) is 5.74. The molecule has 0 N–H and O–H groups in total. The Morgan fingerprint density at radius 3 is 2.25 bits per heavy atom. The van der Waals surface area contributed by atoms with E-state index in [1.165, 1.54) is 0 Å². The van der Waals surface area contributed by atoms with Gasteiger partial charge in [0.2, 0.25) is 0 Å². The predicted molar refractivity (Wildman–Crippen MR) is 43.6 cm³/mol. The Hall–Kier alpha value is 0.247. The SMILES string of the molecule is C=CC(C)C(C)([SiH3])Cl. The third-order valence-electron chi connectivity index (χ3n) is 1.44. The smallest absolute Gasteiger partial charge is 0.0305 e. The summed E-state index contributed by atoms with van der Waals surface area (Å²) in [5.74, 6) is 0.441. The molecule has 0 amide bonds. The quantitative estimate of drug-likeness (QED) is 0.313. The summed E-state index contributed by atoms with van der Waals surface area (Å²) < 4.78 is 0.00174. The first kappa shape index (κ1) is 8.25. The highest BCUT2D eigenvalue weighted by Gasteiger charge is 2.18. The minimum Gasteiger partial charge on any atom is -0.124 e. The zero-order valence-corrected chi connectivity index (χ0v) is 8.50. The molecule has 0 aromatic heterocycles. The van der Waals surface area contributed by atoms with Crippen molar-refractivity contribution in [3.8, 4) is 0 Å². The number of allylic oxidation sites excluding steroid dienone is 1. The molecule has 0 saturated carbocycles. The van der Waals surface area contributed by atoms with Crippen LogP contribution in [-0.2, 0) is 0 Å². The Morgan fingerprint density at radius 1 is 1.88 bits per heavy atom. The number of alkyl halides is 1. The van der Waals surface area contributed by atoms with Crippen molar-refractivity contribution in [1.82, 2.24) is 0 Å². The first-order valence-corrected chi connectivity index (χ1v) is 4.17. The van der Waals surface area contributed by atoms with Crippen LogP contribution in [0.4, 0.5) is 0 Å². The molecule has 2 heteroatoms. The van der Waals surface area contributed by atoms with Gasteiger partial charge in [-0.2, -0.15) is 0 Å². The molecule has 2 atom stereocenters. The largest absolute Gasteiger partial charge is 0.124 e. The Balaban J connectivity index is 3.80. The summed E-state index contributed by atoms with van der Waals surface area (Å²) in [5, 5.41) is 0. The van der Waals surface area contributed by atoms with Crippen LogP contribution < -0.4 is 0 Å². The van der Waals surface area contributed by atoms with E-state index < -0.39 is 0 Å². The highest BCUT2D eigenvalue weighted by Crippen LogP contribution is 2.20. The lowest BCUT2D eigenvalue weighted by Crippen LogP contribution is -2.24. The molecule has 8 heavy (non-hydrogen) atoms. The van der Waals surface area contributed by atoms with Crippen molar-refractivity contribution in [1.29, 1.82) is 0 Å². The van der Waals surface area contributed by atoms with E-state index in [0.29, 0.717) is 5.92 Å². The molecule has 0 nitrogen and oxygen atoms in total. The maximum atomic E-state index is 5.97. The second-order valence-corrected chi connectivity index (χ2v) is 6.27. The van der Waals surface area contributed by atoms with Gasteiger partial charge in [0.25, 0.3) is 0 Å². The molecule has 0 aromatic carbocycles. The van der Waals surface area contributed by atoms with Crippen LogP contribution in [0.15, 0.2) is 12.7 Å². The summed E-state index contributed by atoms with van der Waals surface area (Å²) in [7, 11) is 1.02. The van der Waals surface area contributed by atoms with Gasteiger partial charge in [-0.1, -0.05) is 13.0 Å². The van der Waals surface area contributed by atoms with Crippen LogP contribution in [0.25, 0.3) is 0 Å². The fraction of sp³-hybridized carbons (Fsp3) is 0.667. The van der Waals surface area contributed by atoms with Gasteiger partial charge in [0.05, 0.1) is 0 Å². The molecular weight excluding hydrogens is 136 g/mol. The van der Waals surface area contributed by atoms with Crippen LogP contribution >= 0.6 is 11.6 Å². The molecule has 0 aromatic rings. The maximum Gasteiger partial charge on any atom is 0.0305 e. The van der Waals surface area contributed by atoms with Crippen LogP contribution in [0.5, 0.6) is 0 Å². The van der Waals surface area contributed by atoms with E-state index in [-0.39, 0.29) is 4.50 Å².